The van der Waals surface area contributed by atoms with Crippen molar-refractivity contribution in [1.29, 1.82) is 0 Å². The molecular formula is C18H19NO3S. The van der Waals surface area contributed by atoms with Gasteiger partial charge in [0.05, 0.1) is 5.75 Å². The number of benzene rings is 2. The normalized spacial score (nSPS) is 11.0. The molecule has 0 spiro atoms. The van der Waals surface area contributed by atoms with E-state index in [4.69, 9.17) is 0 Å². The molecule has 0 fully saturated rings. The van der Waals surface area contributed by atoms with Crippen molar-refractivity contribution < 1.29 is 13.2 Å². The highest BCUT2D eigenvalue weighted by molar-refractivity contribution is 7.89. The molecule has 2 aromatic carbocycles. The lowest BCUT2D eigenvalue weighted by Crippen LogP contribution is -2.30. The quantitative estimate of drug-likeness (QED) is 0.765. The number of amides is 1. The predicted octanol–water partition coefficient (Wildman–Crippen LogP) is 3.06. The molecule has 0 radical (unpaired) electrons. The molecule has 0 unspecified atom stereocenters. The minimum Gasteiger partial charge on any atom is -0.305 e. The number of rotatable bonds is 6. The van der Waals surface area contributed by atoms with E-state index < -0.39 is 9.84 Å². The van der Waals surface area contributed by atoms with Crippen LogP contribution in [-0.4, -0.2) is 27.1 Å². The third-order valence-corrected chi connectivity index (χ3v) is 4.11. The molecule has 4 nitrogen and oxygen atoms in total. The van der Waals surface area contributed by atoms with Crippen molar-refractivity contribution in [1.82, 2.24) is 0 Å². The third-order valence-electron chi connectivity index (χ3n) is 3.25. The molecule has 0 saturated carbocycles. The van der Waals surface area contributed by atoms with Crippen LogP contribution in [0.2, 0.25) is 0 Å². The molecule has 0 atom stereocenters. The van der Waals surface area contributed by atoms with Gasteiger partial charge in [0.2, 0.25) is 0 Å². The Balaban J connectivity index is 2.25. The van der Waals surface area contributed by atoms with Gasteiger partial charge in [0.1, 0.15) is 0 Å². The SMILES string of the molecule is C=CCN(C(=O)c1ccc(CS(C)(=O)=O)cc1)c1ccccc1. The van der Waals surface area contributed by atoms with Gasteiger partial charge in [-0.3, -0.25) is 4.79 Å². The number of para-hydroxylation sites is 1. The van der Waals surface area contributed by atoms with E-state index in [2.05, 4.69) is 6.58 Å². The molecule has 0 aliphatic rings. The highest BCUT2D eigenvalue weighted by Crippen LogP contribution is 2.17. The van der Waals surface area contributed by atoms with Crippen LogP contribution in [-0.2, 0) is 15.6 Å². The van der Waals surface area contributed by atoms with Crippen molar-refractivity contribution in [2.24, 2.45) is 0 Å². The summed E-state index contributed by atoms with van der Waals surface area (Å²) in [4.78, 5) is 14.3. The van der Waals surface area contributed by atoms with E-state index in [1.165, 1.54) is 6.26 Å². The van der Waals surface area contributed by atoms with Crippen molar-refractivity contribution in [3.05, 3.63) is 78.4 Å². The summed E-state index contributed by atoms with van der Waals surface area (Å²) in [6.07, 6.45) is 2.86. The van der Waals surface area contributed by atoms with Crippen molar-refractivity contribution in [3.63, 3.8) is 0 Å². The summed E-state index contributed by atoms with van der Waals surface area (Å²) in [5.41, 5.74) is 1.96. The zero-order valence-corrected chi connectivity index (χ0v) is 13.8. The smallest absolute Gasteiger partial charge is 0.258 e. The van der Waals surface area contributed by atoms with Gasteiger partial charge < -0.3 is 4.90 Å². The first-order valence-corrected chi connectivity index (χ1v) is 9.21. The van der Waals surface area contributed by atoms with Gasteiger partial charge >= 0.3 is 0 Å². The number of hydrogen-bond donors (Lipinski definition) is 0. The molecule has 0 aliphatic carbocycles. The molecule has 120 valence electrons. The van der Waals surface area contributed by atoms with Crippen LogP contribution in [0.15, 0.2) is 67.3 Å². The molecule has 0 aliphatic heterocycles. The molecule has 1 amide bonds. The predicted molar refractivity (Wildman–Crippen MR) is 93.3 cm³/mol. The largest absolute Gasteiger partial charge is 0.305 e. The summed E-state index contributed by atoms with van der Waals surface area (Å²) in [5.74, 6) is -0.182. The summed E-state index contributed by atoms with van der Waals surface area (Å²) in [5, 5.41) is 0. The Morgan fingerprint density at radius 3 is 2.22 bits per heavy atom. The second-order valence-electron chi connectivity index (χ2n) is 5.31. The Morgan fingerprint density at radius 2 is 1.70 bits per heavy atom. The van der Waals surface area contributed by atoms with Crippen molar-refractivity contribution >= 4 is 21.4 Å². The van der Waals surface area contributed by atoms with Crippen molar-refractivity contribution in [2.45, 2.75) is 5.75 Å². The van der Waals surface area contributed by atoms with E-state index in [0.29, 0.717) is 17.7 Å². The highest BCUT2D eigenvalue weighted by Gasteiger charge is 2.16. The first kappa shape index (κ1) is 17.0. The molecule has 0 heterocycles. The molecular weight excluding hydrogens is 310 g/mol. The fourth-order valence-electron chi connectivity index (χ4n) is 2.24. The number of hydrogen-bond acceptors (Lipinski definition) is 3. The summed E-state index contributed by atoms with van der Waals surface area (Å²) in [6, 6.07) is 16.0. The molecule has 2 aromatic rings. The Bertz CT molecular complexity index is 781. The second kappa shape index (κ2) is 7.24. The van der Waals surface area contributed by atoms with Crippen LogP contribution in [0.3, 0.4) is 0 Å². The van der Waals surface area contributed by atoms with E-state index in [0.717, 1.165) is 5.69 Å². The molecule has 0 aromatic heterocycles. The van der Waals surface area contributed by atoms with Gasteiger partial charge in [-0.05, 0) is 29.8 Å². The van der Waals surface area contributed by atoms with E-state index in [1.54, 1.807) is 35.2 Å². The summed E-state index contributed by atoms with van der Waals surface area (Å²) in [7, 11) is -3.09. The van der Waals surface area contributed by atoms with E-state index in [1.807, 2.05) is 30.3 Å². The van der Waals surface area contributed by atoms with E-state index in [9.17, 15) is 13.2 Å². The Hall–Kier alpha value is -2.40. The number of anilines is 1. The number of carbonyl (C=O) groups excluding carboxylic acids is 1. The van der Waals surface area contributed by atoms with Gasteiger partial charge in [-0.15, -0.1) is 6.58 Å². The zero-order chi connectivity index (χ0) is 16.9. The van der Waals surface area contributed by atoms with Gasteiger partial charge in [0.15, 0.2) is 9.84 Å². The fraction of sp³-hybridized carbons (Fsp3) is 0.167. The minimum absolute atomic E-state index is 0.0312. The molecule has 0 bridgehead atoms. The number of nitrogens with zero attached hydrogens (tertiary/aromatic N) is 1. The zero-order valence-electron chi connectivity index (χ0n) is 13.0. The summed E-state index contributed by atoms with van der Waals surface area (Å²) < 4.78 is 22.6. The Morgan fingerprint density at radius 1 is 1.09 bits per heavy atom. The lowest BCUT2D eigenvalue weighted by atomic mass is 10.1. The lowest BCUT2D eigenvalue weighted by molar-refractivity contribution is 0.0989. The maximum absolute atomic E-state index is 12.7. The minimum atomic E-state index is -3.09. The molecule has 2 rings (SSSR count). The fourth-order valence-corrected chi connectivity index (χ4v) is 3.04. The van der Waals surface area contributed by atoms with Crippen molar-refractivity contribution in [2.75, 3.05) is 17.7 Å². The average molecular weight is 329 g/mol. The lowest BCUT2D eigenvalue weighted by Gasteiger charge is -2.21. The maximum Gasteiger partial charge on any atom is 0.258 e. The average Bonchev–Trinajstić information content (AvgIpc) is 2.52. The monoisotopic (exact) mass is 329 g/mol. The van der Waals surface area contributed by atoms with Gasteiger partial charge in [0.25, 0.3) is 5.91 Å². The van der Waals surface area contributed by atoms with Crippen LogP contribution in [0.4, 0.5) is 5.69 Å². The summed E-state index contributed by atoms with van der Waals surface area (Å²) >= 11 is 0. The van der Waals surface area contributed by atoms with Gasteiger partial charge in [-0.25, -0.2) is 8.42 Å². The van der Waals surface area contributed by atoms with Gasteiger partial charge in [-0.1, -0.05) is 36.4 Å². The topological polar surface area (TPSA) is 54.5 Å². The van der Waals surface area contributed by atoms with Gasteiger partial charge in [-0.2, -0.15) is 0 Å². The van der Waals surface area contributed by atoms with Crippen molar-refractivity contribution in [3.8, 4) is 0 Å². The van der Waals surface area contributed by atoms with Crippen LogP contribution in [0, 0.1) is 0 Å². The van der Waals surface area contributed by atoms with Crippen LogP contribution in [0.1, 0.15) is 15.9 Å². The number of sulfone groups is 1. The van der Waals surface area contributed by atoms with E-state index >= 15 is 0 Å². The van der Waals surface area contributed by atoms with E-state index in [-0.39, 0.29) is 11.7 Å². The highest BCUT2D eigenvalue weighted by atomic mass is 32.2. The second-order valence-corrected chi connectivity index (χ2v) is 7.45. The van der Waals surface area contributed by atoms with Crippen LogP contribution in [0.5, 0.6) is 0 Å². The summed E-state index contributed by atoms with van der Waals surface area (Å²) in [6.45, 7) is 4.09. The first-order chi connectivity index (χ1) is 10.9. The molecule has 0 saturated heterocycles. The standard InChI is InChI=1S/C18H19NO3S/c1-3-13-19(17-7-5-4-6-8-17)18(20)16-11-9-15(10-12-16)14-23(2,21)22/h3-12H,1,13-14H2,2H3. The molecule has 23 heavy (non-hydrogen) atoms. The molecule has 5 heteroatoms. The van der Waals surface area contributed by atoms with Crippen LogP contribution < -0.4 is 4.90 Å². The Labute approximate surface area is 137 Å². The third kappa shape index (κ3) is 4.79. The first-order valence-electron chi connectivity index (χ1n) is 7.15. The van der Waals surface area contributed by atoms with Crippen LogP contribution in [0.25, 0.3) is 0 Å². The number of carbonyl (C=O) groups is 1. The van der Waals surface area contributed by atoms with Gasteiger partial charge in [0, 0.05) is 24.1 Å². The Kier molecular flexibility index (Phi) is 5.34. The van der Waals surface area contributed by atoms with Crippen LogP contribution >= 0.6 is 0 Å². The molecule has 0 N–H and O–H groups in total. The maximum atomic E-state index is 12.7.